The van der Waals surface area contributed by atoms with Crippen molar-refractivity contribution in [3.05, 3.63) is 87.5 Å². The first-order valence-electron chi connectivity index (χ1n) is 10.4. The van der Waals surface area contributed by atoms with Gasteiger partial charge in [0.05, 0.1) is 28.2 Å². The quantitative estimate of drug-likeness (QED) is 0.469. The lowest BCUT2D eigenvalue weighted by Crippen LogP contribution is -2.30. The van der Waals surface area contributed by atoms with Crippen LogP contribution in [0.15, 0.2) is 59.4 Å². The SMILES string of the molecule is Cc1ccc(-c2cc3c(=O)n(-c4ccc(C)cc4)nc4c3c(n2)CC(C)(C)C4)cc1. The summed E-state index contributed by atoms with van der Waals surface area (Å²) in [4.78, 5) is 18.5. The summed E-state index contributed by atoms with van der Waals surface area (Å²) in [5.74, 6) is 0. The normalized spacial score (nSPS) is 14.8. The minimum absolute atomic E-state index is 0.0430. The summed E-state index contributed by atoms with van der Waals surface area (Å²) >= 11 is 0. The monoisotopic (exact) mass is 395 g/mol. The van der Waals surface area contributed by atoms with Crippen molar-refractivity contribution in [3.63, 3.8) is 0 Å². The third-order valence-corrected chi connectivity index (χ3v) is 5.94. The number of rotatable bonds is 2. The van der Waals surface area contributed by atoms with Crippen LogP contribution in [0.25, 0.3) is 27.7 Å². The third kappa shape index (κ3) is 3.13. The van der Waals surface area contributed by atoms with Crippen molar-refractivity contribution >= 4 is 10.8 Å². The number of aryl methyl sites for hydroxylation is 2. The molecule has 5 rings (SSSR count). The fourth-order valence-electron chi connectivity index (χ4n) is 4.37. The topological polar surface area (TPSA) is 47.8 Å². The molecule has 4 nitrogen and oxygen atoms in total. The first kappa shape index (κ1) is 18.7. The second-order valence-corrected chi connectivity index (χ2v) is 9.26. The standard InChI is InChI=1S/C26H25N3O/c1-16-5-9-18(10-6-16)21-13-20-24-22(27-21)14-26(3,4)15-23(24)28-29(25(20)30)19-11-7-17(2)8-12-19/h5-13H,14-15H2,1-4H3. The molecule has 4 aromatic rings. The number of nitrogens with zero attached hydrogens (tertiary/aromatic N) is 3. The molecule has 0 bridgehead atoms. The summed E-state index contributed by atoms with van der Waals surface area (Å²) in [5, 5.41) is 6.45. The zero-order valence-corrected chi connectivity index (χ0v) is 17.9. The van der Waals surface area contributed by atoms with E-state index >= 15 is 0 Å². The van der Waals surface area contributed by atoms with Gasteiger partial charge in [0.1, 0.15) is 0 Å². The van der Waals surface area contributed by atoms with Crippen LogP contribution in [0, 0.1) is 19.3 Å². The maximum Gasteiger partial charge on any atom is 0.279 e. The molecule has 150 valence electrons. The summed E-state index contributed by atoms with van der Waals surface area (Å²) in [6, 6.07) is 18.2. The predicted molar refractivity (Wildman–Crippen MR) is 121 cm³/mol. The molecule has 0 atom stereocenters. The molecule has 1 aliphatic carbocycles. The van der Waals surface area contributed by atoms with Crippen molar-refractivity contribution in [2.45, 2.75) is 40.5 Å². The molecule has 30 heavy (non-hydrogen) atoms. The second-order valence-electron chi connectivity index (χ2n) is 9.26. The lowest BCUT2D eigenvalue weighted by Gasteiger charge is -2.30. The molecule has 2 aromatic heterocycles. The summed E-state index contributed by atoms with van der Waals surface area (Å²) < 4.78 is 1.56. The molecular formula is C26H25N3O. The maximum atomic E-state index is 13.5. The van der Waals surface area contributed by atoms with Gasteiger partial charge < -0.3 is 0 Å². The molecule has 0 amide bonds. The van der Waals surface area contributed by atoms with Gasteiger partial charge in [0, 0.05) is 10.9 Å². The highest BCUT2D eigenvalue weighted by molar-refractivity contribution is 5.90. The Bertz CT molecular complexity index is 1320. The van der Waals surface area contributed by atoms with Crippen molar-refractivity contribution in [2.24, 2.45) is 5.41 Å². The summed E-state index contributed by atoms with van der Waals surface area (Å²) in [6.45, 7) is 8.59. The molecule has 0 N–H and O–H groups in total. The van der Waals surface area contributed by atoms with Crippen LogP contribution in [0.3, 0.4) is 0 Å². The van der Waals surface area contributed by atoms with Crippen LogP contribution in [-0.4, -0.2) is 14.8 Å². The van der Waals surface area contributed by atoms with Crippen molar-refractivity contribution in [2.75, 3.05) is 0 Å². The van der Waals surface area contributed by atoms with Gasteiger partial charge in [-0.3, -0.25) is 9.78 Å². The van der Waals surface area contributed by atoms with Gasteiger partial charge in [-0.15, -0.1) is 0 Å². The van der Waals surface area contributed by atoms with Crippen LogP contribution in [0.2, 0.25) is 0 Å². The lowest BCUT2D eigenvalue weighted by molar-refractivity contribution is 0.345. The number of hydrogen-bond acceptors (Lipinski definition) is 3. The van der Waals surface area contributed by atoms with E-state index in [0.29, 0.717) is 5.39 Å². The average molecular weight is 396 g/mol. The van der Waals surface area contributed by atoms with E-state index in [-0.39, 0.29) is 11.0 Å². The Morgan fingerprint density at radius 3 is 2.13 bits per heavy atom. The van der Waals surface area contributed by atoms with Gasteiger partial charge in [-0.05, 0) is 50.3 Å². The van der Waals surface area contributed by atoms with E-state index in [1.807, 2.05) is 37.3 Å². The molecule has 0 spiro atoms. The van der Waals surface area contributed by atoms with E-state index in [2.05, 4.69) is 45.0 Å². The van der Waals surface area contributed by atoms with Crippen molar-refractivity contribution in [1.29, 1.82) is 0 Å². The summed E-state index contributed by atoms with van der Waals surface area (Å²) in [6.07, 6.45) is 1.67. The molecule has 0 aliphatic heterocycles. The first-order chi connectivity index (χ1) is 14.3. The highest BCUT2D eigenvalue weighted by Crippen LogP contribution is 2.37. The summed E-state index contributed by atoms with van der Waals surface area (Å²) in [7, 11) is 0. The van der Waals surface area contributed by atoms with Crippen LogP contribution in [-0.2, 0) is 12.8 Å². The van der Waals surface area contributed by atoms with Crippen LogP contribution in [0.4, 0.5) is 0 Å². The number of hydrogen-bond donors (Lipinski definition) is 0. The van der Waals surface area contributed by atoms with Crippen LogP contribution in [0.5, 0.6) is 0 Å². The molecule has 2 heterocycles. The minimum atomic E-state index is -0.0886. The minimum Gasteiger partial charge on any atom is -0.267 e. The Balaban J connectivity index is 1.82. The molecule has 0 fully saturated rings. The Morgan fingerprint density at radius 2 is 1.47 bits per heavy atom. The highest BCUT2D eigenvalue weighted by Gasteiger charge is 2.31. The average Bonchev–Trinajstić information content (AvgIpc) is 2.70. The molecule has 0 saturated heterocycles. The van der Waals surface area contributed by atoms with Gasteiger partial charge in [0.25, 0.3) is 5.56 Å². The van der Waals surface area contributed by atoms with Crippen LogP contribution >= 0.6 is 0 Å². The molecule has 1 aliphatic rings. The molecule has 0 unspecified atom stereocenters. The highest BCUT2D eigenvalue weighted by atomic mass is 16.1. The zero-order valence-electron chi connectivity index (χ0n) is 17.9. The summed E-state index contributed by atoms with van der Waals surface area (Å²) in [5.41, 5.74) is 6.92. The fourth-order valence-corrected chi connectivity index (χ4v) is 4.37. The van der Waals surface area contributed by atoms with E-state index in [1.165, 1.54) is 5.56 Å². The van der Waals surface area contributed by atoms with Gasteiger partial charge >= 0.3 is 0 Å². The first-order valence-corrected chi connectivity index (χ1v) is 10.4. The Labute approximate surface area is 176 Å². The molecule has 2 aromatic carbocycles. The zero-order chi connectivity index (χ0) is 21.0. The van der Waals surface area contributed by atoms with Crippen molar-refractivity contribution < 1.29 is 0 Å². The van der Waals surface area contributed by atoms with Gasteiger partial charge in [-0.25, -0.2) is 0 Å². The van der Waals surface area contributed by atoms with E-state index in [4.69, 9.17) is 10.1 Å². The third-order valence-electron chi connectivity index (χ3n) is 5.94. The van der Waals surface area contributed by atoms with E-state index in [0.717, 1.165) is 52.1 Å². The number of benzene rings is 2. The van der Waals surface area contributed by atoms with Gasteiger partial charge in [0.15, 0.2) is 0 Å². The Morgan fingerprint density at radius 1 is 0.867 bits per heavy atom. The van der Waals surface area contributed by atoms with Crippen LogP contribution in [0.1, 0.15) is 36.4 Å². The molecule has 0 saturated carbocycles. The lowest BCUT2D eigenvalue weighted by atomic mass is 9.77. The van der Waals surface area contributed by atoms with E-state index in [1.54, 1.807) is 4.68 Å². The smallest absolute Gasteiger partial charge is 0.267 e. The van der Waals surface area contributed by atoms with Crippen molar-refractivity contribution in [1.82, 2.24) is 14.8 Å². The molecule has 0 radical (unpaired) electrons. The van der Waals surface area contributed by atoms with Crippen LogP contribution < -0.4 is 5.56 Å². The predicted octanol–water partition coefficient (Wildman–Crippen LogP) is 5.19. The van der Waals surface area contributed by atoms with Crippen molar-refractivity contribution in [3.8, 4) is 16.9 Å². The number of aromatic nitrogens is 3. The largest absolute Gasteiger partial charge is 0.279 e. The Hall–Kier alpha value is -3.27. The van der Waals surface area contributed by atoms with Gasteiger partial charge in [-0.2, -0.15) is 9.78 Å². The van der Waals surface area contributed by atoms with E-state index < -0.39 is 0 Å². The van der Waals surface area contributed by atoms with Gasteiger partial charge in [0.2, 0.25) is 0 Å². The molecular weight excluding hydrogens is 370 g/mol. The molecule has 4 heteroatoms. The van der Waals surface area contributed by atoms with E-state index in [9.17, 15) is 4.79 Å². The second kappa shape index (κ2) is 6.63. The maximum absolute atomic E-state index is 13.5. The fraction of sp³-hybridized carbons (Fsp3) is 0.269. The Kier molecular flexibility index (Phi) is 4.14. The van der Waals surface area contributed by atoms with Gasteiger partial charge in [-0.1, -0.05) is 61.4 Å². The number of pyridine rings is 1.